The zero-order valence-corrected chi connectivity index (χ0v) is 14.4. The fourth-order valence-electron chi connectivity index (χ4n) is 1.82. The van der Waals surface area contributed by atoms with Gasteiger partial charge in [-0.3, -0.25) is 0 Å². The van der Waals surface area contributed by atoms with Crippen molar-refractivity contribution < 1.29 is 8.42 Å². The minimum atomic E-state index is -3.41. The van der Waals surface area contributed by atoms with Crippen molar-refractivity contribution in [2.75, 3.05) is 20.6 Å². The molecule has 0 aliphatic rings. The second-order valence-corrected chi connectivity index (χ2v) is 8.45. The van der Waals surface area contributed by atoms with E-state index in [9.17, 15) is 8.42 Å². The smallest absolute Gasteiger partial charge is 0.250 e. The topological polar surface area (TPSA) is 61.4 Å². The second kappa shape index (κ2) is 7.51. The lowest BCUT2D eigenvalue weighted by molar-refractivity contribution is 0.370. The summed E-state index contributed by atoms with van der Waals surface area (Å²) in [7, 11) is 0.436. The molecule has 1 aromatic rings. The molecule has 0 amide bonds. The lowest BCUT2D eigenvalue weighted by Gasteiger charge is -2.17. The van der Waals surface area contributed by atoms with Crippen molar-refractivity contribution >= 4 is 21.4 Å². The molecule has 1 unspecified atom stereocenters. The molecular formula is C13H25N3O2S2. The molecule has 0 aliphatic carbocycles. The molecule has 0 aromatic carbocycles. The number of nitrogens with zero attached hydrogens (tertiary/aromatic N) is 1. The molecule has 5 nitrogen and oxygen atoms in total. The molecule has 0 saturated heterocycles. The van der Waals surface area contributed by atoms with Crippen molar-refractivity contribution in [3.05, 3.63) is 17.0 Å². The summed E-state index contributed by atoms with van der Waals surface area (Å²) >= 11 is 1.26. The van der Waals surface area contributed by atoms with E-state index < -0.39 is 10.0 Å². The van der Waals surface area contributed by atoms with E-state index in [0.717, 1.165) is 5.56 Å². The van der Waals surface area contributed by atoms with E-state index in [2.05, 4.69) is 23.9 Å². The summed E-state index contributed by atoms with van der Waals surface area (Å²) in [5.74, 6) is 0. The van der Waals surface area contributed by atoms with Gasteiger partial charge in [0.2, 0.25) is 10.0 Å². The molecule has 20 heavy (non-hydrogen) atoms. The minimum Gasteiger partial charge on any atom is -0.310 e. The number of thiophene rings is 1. The number of likely N-dealkylation sites (N-methyl/N-ethyl adjacent to an activating group) is 1. The van der Waals surface area contributed by atoms with E-state index in [1.807, 2.05) is 31.3 Å². The summed E-state index contributed by atoms with van der Waals surface area (Å²) in [6, 6.07) is 2.01. The molecule has 7 heteroatoms. The molecule has 1 rings (SSSR count). The van der Waals surface area contributed by atoms with E-state index >= 15 is 0 Å². The van der Waals surface area contributed by atoms with Gasteiger partial charge in [0.15, 0.2) is 0 Å². The number of hydrogen-bond donors (Lipinski definition) is 2. The lowest BCUT2D eigenvalue weighted by Crippen LogP contribution is -2.39. The van der Waals surface area contributed by atoms with Crippen LogP contribution in [0.2, 0.25) is 0 Å². The Kier molecular flexibility index (Phi) is 6.60. The third kappa shape index (κ3) is 5.88. The molecule has 0 bridgehead atoms. The van der Waals surface area contributed by atoms with Crippen LogP contribution in [0.1, 0.15) is 26.3 Å². The Bertz CT molecular complexity index is 509. The second-order valence-electron chi connectivity index (χ2n) is 5.59. The van der Waals surface area contributed by atoms with Crippen molar-refractivity contribution in [3.8, 4) is 0 Å². The van der Waals surface area contributed by atoms with Crippen LogP contribution in [0.25, 0.3) is 0 Å². The number of hydrogen-bond acceptors (Lipinski definition) is 5. The van der Waals surface area contributed by atoms with Gasteiger partial charge in [0.1, 0.15) is 4.21 Å². The maximum atomic E-state index is 12.2. The molecule has 2 N–H and O–H groups in total. The van der Waals surface area contributed by atoms with E-state index in [4.69, 9.17) is 0 Å². The molecule has 0 aliphatic heterocycles. The van der Waals surface area contributed by atoms with Crippen LogP contribution in [0.5, 0.6) is 0 Å². The predicted molar refractivity (Wildman–Crippen MR) is 84.6 cm³/mol. The fraction of sp³-hybridized carbons (Fsp3) is 0.692. The first kappa shape index (κ1) is 17.6. The van der Waals surface area contributed by atoms with Gasteiger partial charge in [0, 0.05) is 25.2 Å². The average molecular weight is 319 g/mol. The summed E-state index contributed by atoms with van der Waals surface area (Å²) in [4.78, 5) is 1.96. The largest absolute Gasteiger partial charge is 0.310 e. The van der Waals surface area contributed by atoms with Crippen molar-refractivity contribution in [1.82, 2.24) is 14.9 Å². The molecule has 1 heterocycles. The van der Waals surface area contributed by atoms with Crippen LogP contribution in [0, 0.1) is 0 Å². The highest BCUT2D eigenvalue weighted by molar-refractivity contribution is 7.91. The van der Waals surface area contributed by atoms with E-state index in [1.54, 1.807) is 6.07 Å². The first-order valence-electron chi connectivity index (χ1n) is 6.68. The highest BCUT2D eigenvalue weighted by atomic mass is 32.2. The van der Waals surface area contributed by atoms with Gasteiger partial charge in [-0.25, -0.2) is 13.1 Å². The van der Waals surface area contributed by atoms with E-state index in [-0.39, 0.29) is 6.04 Å². The molecule has 116 valence electrons. The third-order valence-corrected chi connectivity index (χ3v) is 5.68. The van der Waals surface area contributed by atoms with Gasteiger partial charge in [0.25, 0.3) is 0 Å². The Morgan fingerprint density at radius 3 is 2.50 bits per heavy atom. The quantitative estimate of drug-likeness (QED) is 0.762. The Labute approximate surface area is 126 Å². The Hall–Kier alpha value is -0.470. The SMILES string of the molecule is CC(C)NCc1csc(S(=O)(=O)NC(C)CN(C)C)c1. The summed E-state index contributed by atoms with van der Waals surface area (Å²) < 4.78 is 27.6. The summed E-state index contributed by atoms with van der Waals surface area (Å²) in [6.07, 6.45) is 0. The lowest BCUT2D eigenvalue weighted by atomic mass is 10.3. The summed E-state index contributed by atoms with van der Waals surface area (Å²) in [6.45, 7) is 7.36. The van der Waals surface area contributed by atoms with Crippen molar-refractivity contribution in [2.24, 2.45) is 0 Å². The normalized spacial score (nSPS) is 14.2. The first-order valence-corrected chi connectivity index (χ1v) is 9.05. The summed E-state index contributed by atoms with van der Waals surface area (Å²) in [5, 5.41) is 5.17. The van der Waals surface area contributed by atoms with Crippen LogP contribution in [0.15, 0.2) is 15.7 Å². The molecule has 0 spiro atoms. The van der Waals surface area contributed by atoms with Gasteiger partial charge in [-0.05, 0) is 38.0 Å². The third-order valence-electron chi connectivity index (χ3n) is 2.60. The highest BCUT2D eigenvalue weighted by Crippen LogP contribution is 2.20. The number of rotatable bonds is 8. The van der Waals surface area contributed by atoms with Crippen molar-refractivity contribution in [1.29, 1.82) is 0 Å². The molecular weight excluding hydrogens is 294 g/mol. The van der Waals surface area contributed by atoms with Crippen LogP contribution < -0.4 is 10.0 Å². The van der Waals surface area contributed by atoms with Crippen molar-refractivity contribution in [3.63, 3.8) is 0 Å². The van der Waals surface area contributed by atoms with Gasteiger partial charge < -0.3 is 10.2 Å². The zero-order chi connectivity index (χ0) is 15.3. The molecule has 0 radical (unpaired) electrons. The van der Waals surface area contributed by atoms with Gasteiger partial charge in [-0.2, -0.15) is 0 Å². The Balaban J connectivity index is 2.68. The molecule has 0 saturated carbocycles. The maximum absolute atomic E-state index is 12.2. The van der Waals surface area contributed by atoms with Crippen LogP contribution in [0.3, 0.4) is 0 Å². The Morgan fingerprint density at radius 1 is 1.30 bits per heavy atom. The van der Waals surface area contributed by atoms with Gasteiger partial charge in [-0.1, -0.05) is 13.8 Å². The summed E-state index contributed by atoms with van der Waals surface area (Å²) in [5.41, 5.74) is 1.00. The zero-order valence-electron chi connectivity index (χ0n) is 12.8. The number of nitrogens with one attached hydrogen (secondary N) is 2. The fourth-order valence-corrected chi connectivity index (χ4v) is 4.28. The standard InChI is InChI=1S/C13H25N3O2S2/c1-10(2)14-7-12-6-13(19-9-12)20(17,18)15-11(3)8-16(4)5/h6,9-11,14-15H,7-8H2,1-5H3. The maximum Gasteiger partial charge on any atom is 0.250 e. The first-order chi connectivity index (χ1) is 9.20. The molecule has 1 aromatic heterocycles. The van der Waals surface area contributed by atoms with Crippen molar-refractivity contribution in [2.45, 2.75) is 43.6 Å². The van der Waals surface area contributed by atoms with Gasteiger partial charge in [0.05, 0.1) is 0 Å². The minimum absolute atomic E-state index is 0.116. The van der Waals surface area contributed by atoms with Gasteiger partial charge >= 0.3 is 0 Å². The van der Waals surface area contributed by atoms with Crippen LogP contribution >= 0.6 is 11.3 Å². The number of sulfonamides is 1. The van der Waals surface area contributed by atoms with Crippen LogP contribution in [-0.2, 0) is 16.6 Å². The van der Waals surface area contributed by atoms with E-state index in [1.165, 1.54) is 11.3 Å². The van der Waals surface area contributed by atoms with E-state index in [0.29, 0.717) is 23.3 Å². The monoisotopic (exact) mass is 319 g/mol. The highest BCUT2D eigenvalue weighted by Gasteiger charge is 2.19. The molecule has 0 fully saturated rings. The van der Waals surface area contributed by atoms with Crippen LogP contribution in [-0.4, -0.2) is 46.0 Å². The van der Waals surface area contributed by atoms with Gasteiger partial charge in [-0.15, -0.1) is 11.3 Å². The Morgan fingerprint density at radius 2 is 1.95 bits per heavy atom. The average Bonchev–Trinajstić information content (AvgIpc) is 2.73. The van der Waals surface area contributed by atoms with Crippen LogP contribution in [0.4, 0.5) is 0 Å². The predicted octanol–water partition coefficient (Wildman–Crippen LogP) is 1.47. The molecule has 1 atom stereocenters.